The van der Waals surface area contributed by atoms with Crippen molar-refractivity contribution in [3.63, 3.8) is 0 Å². The van der Waals surface area contributed by atoms with Crippen molar-refractivity contribution in [2.24, 2.45) is 0 Å². The number of nitrogens with one attached hydrogen (secondary N) is 1. The molecule has 0 bridgehead atoms. The molecular formula is C21H26N2O4. The number of carbonyl (C=O) groups is 1. The number of hydrogen-bond acceptors (Lipinski definition) is 5. The molecule has 0 fully saturated rings. The molecule has 0 saturated heterocycles. The average molecular weight is 370 g/mol. The van der Waals surface area contributed by atoms with Crippen LogP contribution in [-0.2, 0) is 4.74 Å². The lowest BCUT2D eigenvalue weighted by Gasteiger charge is -2.37. The van der Waals surface area contributed by atoms with Crippen molar-refractivity contribution in [1.29, 1.82) is 0 Å². The Morgan fingerprint density at radius 1 is 1.07 bits per heavy atom. The summed E-state index contributed by atoms with van der Waals surface area (Å²) in [6.07, 6.45) is -0.260. The topological polar surface area (TPSA) is 60.0 Å². The van der Waals surface area contributed by atoms with E-state index in [0.29, 0.717) is 43.4 Å². The summed E-state index contributed by atoms with van der Waals surface area (Å²) in [5.41, 5.74) is 2.47. The van der Waals surface area contributed by atoms with Crippen molar-refractivity contribution < 1.29 is 19.0 Å². The summed E-state index contributed by atoms with van der Waals surface area (Å²) in [5.74, 6) is 1.31. The minimum absolute atomic E-state index is 0.0212. The molecule has 0 radical (unpaired) electrons. The summed E-state index contributed by atoms with van der Waals surface area (Å²) < 4.78 is 16.6. The molecule has 1 N–H and O–H groups in total. The Kier molecular flexibility index (Phi) is 6.19. The fourth-order valence-electron chi connectivity index (χ4n) is 3.21. The van der Waals surface area contributed by atoms with Crippen LogP contribution in [0, 0.1) is 0 Å². The molecule has 0 spiro atoms. The lowest BCUT2D eigenvalue weighted by Crippen LogP contribution is -2.42. The summed E-state index contributed by atoms with van der Waals surface area (Å²) >= 11 is 0. The number of amides is 1. The van der Waals surface area contributed by atoms with Gasteiger partial charge in [-0.1, -0.05) is 18.2 Å². The SMILES string of the molecule is CCOCCOc1ccc(C2Nc3ccccc3C(=O)N2CC)cc1OC. The number of ether oxygens (including phenoxy) is 3. The van der Waals surface area contributed by atoms with Crippen LogP contribution < -0.4 is 14.8 Å². The first-order chi connectivity index (χ1) is 13.2. The first kappa shape index (κ1) is 19.0. The fraction of sp³-hybridized carbons (Fsp3) is 0.381. The number of anilines is 1. The Morgan fingerprint density at radius 3 is 2.63 bits per heavy atom. The van der Waals surface area contributed by atoms with E-state index in [1.165, 1.54) is 0 Å². The van der Waals surface area contributed by atoms with Crippen molar-refractivity contribution in [3.8, 4) is 11.5 Å². The Balaban J connectivity index is 1.85. The van der Waals surface area contributed by atoms with E-state index >= 15 is 0 Å². The lowest BCUT2D eigenvalue weighted by atomic mass is 10.0. The molecule has 6 heteroatoms. The van der Waals surface area contributed by atoms with Crippen molar-refractivity contribution >= 4 is 11.6 Å². The van der Waals surface area contributed by atoms with Crippen LogP contribution in [-0.4, -0.2) is 44.3 Å². The molecule has 1 aliphatic heterocycles. The second kappa shape index (κ2) is 8.77. The van der Waals surface area contributed by atoms with Crippen LogP contribution in [0.15, 0.2) is 42.5 Å². The molecule has 0 saturated carbocycles. The van der Waals surface area contributed by atoms with Gasteiger partial charge >= 0.3 is 0 Å². The quantitative estimate of drug-likeness (QED) is 0.718. The zero-order valence-electron chi connectivity index (χ0n) is 16.0. The molecule has 1 aliphatic rings. The van der Waals surface area contributed by atoms with Gasteiger partial charge in [0.1, 0.15) is 12.8 Å². The highest BCUT2D eigenvalue weighted by atomic mass is 16.5. The number of para-hydroxylation sites is 1. The largest absolute Gasteiger partial charge is 0.493 e. The first-order valence-corrected chi connectivity index (χ1v) is 9.24. The van der Waals surface area contributed by atoms with Crippen LogP contribution in [0.25, 0.3) is 0 Å². The van der Waals surface area contributed by atoms with Crippen molar-refractivity contribution in [1.82, 2.24) is 4.90 Å². The maximum Gasteiger partial charge on any atom is 0.257 e. The van der Waals surface area contributed by atoms with Gasteiger partial charge in [0.2, 0.25) is 0 Å². The third kappa shape index (κ3) is 4.01. The molecule has 0 aromatic heterocycles. The van der Waals surface area contributed by atoms with Gasteiger partial charge in [-0.2, -0.15) is 0 Å². The Hall–Kier alpha value is -2.73. The van der Waals surface area contributed by atoms with E-state index in [1.807, 2.05) is 61.2 Å². The first-order valence-electron chi connectivity index (χ1n) is 9.24. The highest BCUT2D eigenvalue weighted by molar-refractivity contribution is 6.01. The average Bonchev–Trinajstić information content (AvgIpc) is 2.71. The summed E-state index contributed by atoms with van der Waals surface area (Å²) in [6, 6.07) is 13.3. The fourth-order valence-corrected chi connectivity index (χ4v) is 3.21. The van der Waals surface area contributed by atoms with E-state index in [-0.39, 0.29) is 12.1 Å². The molecule has 2 aromatic carbocycles. The van der Waals surface area contributed by atoms with Crippen LogP contribution in [0.2, 0.25) is 0 Å². The molecule has 27 heavy (non-hydrogen) atoms. The highest BCUT2D eigenvalue weighted by Crippen LogP contribution is 2.36. The van der Waals surface area contributed by atoms with Gasteiger partial charge in [0.15, 0.2) is 11.5 Å². The number of benzene rings is 2. The van der Waals surface area contributed by atoms with E-state index < -0.39 is 0 Å². The van der Waals surface area contributed by atoms with E-state index in [1.54, 1.807) is 7.11 Å². The van der Waals surface area contributed by atoms with Gasteiger partial charge in [-0.05, 0) is 43.7 Å². The zero-order valence-corrected chi connectivity index (χ0v) is 16.0. The van der Waals surface area contributed by atoms with Crippen molar-refractivity contribution in [3.05, 3.63) is 53.6 Å². The van der Waals surface area contributed by atoms with Crippen LogP contribution >= 0.6 is 0 Å². The van der Waals surface area contributed by atoms with E-state index in [4.69, 9.17) is 14.2 Å². The number of hydrogen-bond donors (Lipinski definition) is 1. The monoisotopic (exact) mass is 370 g/mol. The smallest absolute Gasteiger partial charge is 0.257 e. The van der Waals surface area contributed by atoms with E-state index in [2.05, 4.69) is 5.32 Å². The van der Waals surface area contributed by atoms with Crippen LogP contribution in [0.3, 0.4) is 0 Å². The van der Waals surface area contributed by atoms with Gasteiger partial charge in [0, 0.05) is 18.8 Å². The molecule has 1 unspecified atom stereocenters. The Morgan fingerprint density at radius 2 is 1.89 bits per heavy atom. The number of methoxy groups -OCH3 is 1. The van der Waals surface area contributed by atoms with Gasteiger partial charge < -0.3 is 24.4 Å². The number of nitrogens with zero attached hydrogens (tertiary/aromatic N) is 1. The lowest BCUT2D eigenvalue weighted by molar-refractivity contribution is 0.0694. The number of fused-ring (bicyclic) bond motifs is 1. The highest BCUT2D eigenvalue weighted by Gasteiger charge is 2.32. The standard InChI is InChI=1S/C21H26N2O4/c1-4-23-20(22-17-9-7-6-8-16(17)21(23)24)15-10-11-18(19(14-15)25-3)27-13-12-26-5-2/h6-11,14,20,22H,4-5,12-13H2,1-3H3. The van der Waals surface area contributed by atoms with Gasteiger partial charge in [-0.3, -0.25) is 4.79 Å². The molecule has 1 heterocycles. The molecule has 3 rings (SSSR count). The van der Waals surface area contributed by atoms with Gasteiger partial charge in [-0.15, -0.1) is 0 Å². The minimum atomic E-state index is -0.260. The summed E-state index contributed by atoms with van der Waals surface area (Å²) in [5, 5.41) is 3.46. The van der Waals surface area contributed by atoms with E-state index in [0.717, 1.165) is 11.3 Å². The van der Waals surface area contributed by atoms with E-state index in [9.17, 15) is 4.79 Å². The maximum atomic E-state index is 12.9. The third-order valence-electron chi connectivity index (χ3n) is 4.56. The predicted octanol–water partition coefficient (Wildman–Crippen LogP) is 3.70. The summed E-state index contributed by atoms with van der Waals surface area (Å²) in [6.45, 7) is 6.17. The second-order valence-electron chi connectivity index (χ2n) is 6.14. The van der Waals surface area contributed by atoms with Crippen LogP contribution in [0.5, 0.6) is 11.5 Å². The second-order valence-corrected chi connectivity index (χ2v) is 6.14. The molecule has 1 amide bonds. The molecule has 6 nitrogen and oxygen atoms in total. The molecule has 144 valence electrons. The molecule has 0 aliphatic carbocycles. The maximum absolute atomic E-state index is 12.9. The van der Waals surface area contributed by atoms with Gasteiger partial charge in [-0.25, -0.2) is 0 Å². The van der Waals surface area contributed by atoms with Gasteiger partial charge in [0.25, 0.3) is 5.91 Å². The molecule has 2 aromatic rings. The number of rotatable bonds is 8. The summed E-state index contributed by atoms with van der Waals surface area (Å²) in [4.78, 5) is 14.7. The van der Waals surface area contributed by atoms with Gasteiger partial charge in [0.05, 0.1) is 19.3 Å². The van der Waals surface area contributed by atoms with Crippen LogP contribution in [0.4, 0.5) is 5.69 Å². The van der Waals surface area contributed by atoms with Crippen molar-refractivity contribution in [2.45, 2.75) is 20.0 Å². The molecule has 1 atom stereocenters. The predicted molar refractivity (Wildman–Crippen MR) is 104 cm³/mol. The van der Waals surface area contributed by atoms with Crippen molar-refractivity contribution in [2.75, 3.05) is 38.8 Å². The number of carbonyl (C=O) groups excluding carboxylic acids is 1. The Labute approximate surface area is 160 Å². The Bertz CT molecular complexity index is 794. The summed E-state index contributed by atoms with van der Waals surface area (Å²) in [7, 11) is 1.61. The molecular weight excluding hydrogens is 344 g/mol. The minimum Gasteiger partial charge on any atom is -0.493 e. The third-order valence-corrected chi connectivity index (χ3v) is 4.56. The van der Waals surface area contributed by atoms with Crippen LogP contribution in [0.1, 0.15) is 35.9 Å². The zero-order chi connectivity index (χ0) is 19.2. The normalized spacial score (nSPS) is 15.9.